The monoisotopic (exact) mass is 280 g/mol. The van der Waals surface area contributed by atoms with Crippen molar-refractivity contribution < 1.29 is 4.79 Å². The molecule has 0 spiro atoms. The van der Waals surface area contributed by atoms with Gasteiger partial charge in [0.05, 0.1) is 0 Å². The lowest BCUT2D eigenvalue weighted by Gasteiger charge is -2.43. The zero-order valence-corrected chi connectivity index (χ0v) is 14.1. The Labute approximate surface area is 124 Å². The third kappa shape index (κ3) is 3.03. The maximum Gasteiger partial charge on any atom is 0.221 e. The number of fused-ring (bicyclic) bond motifs is 2. The molecule has 0 saturated heterocycles. The maximum atomic E-state index is 11.9. The van der Waals surface area contributed by atoms with Crippen LogP contribution in [0.15, 0.2) is 0 Å². The lowest BCUT2D eigenvalue weighted by Crippen LogP contribution is -2.51. The van der Waals surface area contributed by atoms with Crippen LogP contribution in [0.25, 0.3) is 0 Å². The second-order valence-electron chi connectivity index (χ2n) is 8.85. The number of carbonyl (C=O) groups excluding carboxylic acids is 1. The van der Waals surface area contributed by atoms with Gasteiger partial charge in [-0.05, 0) is 56.8 Å². The van der Waals surface area contributed by atoms with E-state index in [4.69, 9.17) is 0 Å². The molecule has 2 aliphatic rings. The maximum absolute atomic E-state index is 11.9. The van der Waals surface area contributed by atoms with Crippen LogP contribution in [-0.2, 0) is 4.79 Å². The van der Waals surface area contributed by atoms with Crippen LogP contribution in [0.5, 0.6) is 0 Å². The van der Waals surface area contributed by atoms with Gasteiger partial charge < -0.3 is 10.6 Å². The predicted molar refractivity (Wildman–Crippen MR) is 83.5 cm³/mol. The number of rotatable bonds is 4. The summed E-state index contributed by atoms with van der Waals surface area (Å²) in [5, 5.41) is 6.73. The summed E-state index contributed by atoms with van der Waals surface area (Å²) in [6.07, 6.45) is 4.65. The fourth-order valence-electron chi connectivity index (χ4n) is 4.62. The lowest BCUT2D eigenvalue weighted by molar-refractivity contribution is -0.122. The molecule has 2 bridgehead atoms. The van der Waals surface area contributed by atoms with E-state index in [1.807, 2.05) is 20.8 Å². The van der Waals surface area contributed by atoms with Crippen molar-refractivity contribution in [2.45, 2.75) is 78.8 Å². The first kappa shape index (κ1) is 15.8. The average Bonchev–Trinajstić information content (AvgIpc) is 2.71. The van der Waals surface area contributed by atoms with Crippen LogP contribution in [0, 0.1) is 16.7 Å². The Morgan fingerprint density at radius 1 is 1.25 bits per heavy atom. The average molecular weight is 280 g/mol. The molecule has 0 aromatic carbocycles. The van der Waals surface area contributed by atoms with Gasteiger partial charge in [-0.3, -0.25) is 4.79 Å². The van der Waals surface area contributed by atoms with Crippen molar-refractivity contribution in [3.8, 4) is 0 Å². The zero-order valence-electron chi connectivity index (χ0n) is 14.1. The summed E-state index contributed by atoms with van der Waals surface area (Å²) < 4.78 is 0. The zero-order chi connectivity index (χ0) is 15.2. The minimum atomic E-state index is -0.130. The largest absolute Gasteiger partial charge is 0.351 e. The molecule has 3 heteroatoms. The highest BCUT2D eigenvalue weighted by Crippen LogP contribution is 2.62. The topological polar surface area (TPSA) is 41.1 Å². The Morgan fingerprint density at radius 2 is 1.90 bits per heavy atom. The first-order valence-corrected chi connectivity index (χ1v) is 8.09. The van der Waals surface area contributed by atoms with Crippen LogP contribution in [0.4, 0.5) is 0 Å². The fourth-order valence-corrected chi connectivity index (χ4v) is 4.62. The molecule has 2 aliphatic carbocycles. The molecule has 0 radical (unpaired) electrons. The van der Waals surface area contributed by atoms with E-state index >= 15 is 0 Å². The molecule has 1 amide bonds. The number of nitrogens with one attached hydrogen (secondary N) is 2. The first-order chi connectivity index (χ1) is 9.05. The highest BCUT2D eigenvalue weighted by Gasteiger charge is 2.58. The van der Waals surface area contributed by atoms with Crippen LogP contribution >= 0.6 is 0 Å². The Kier molecular flexibility index (Phi) is 3.96. The summed E-state index contributed by atoms with van der Waals surface area (Å²) in [6.45, 7) is 14.1. The van der Waals surface area contributed by atoms with Gasteiger partial charge in [0.15, 0.2) is 0 Å². The molecule has 2 rings (SSSR count). The molecule has 2 fully saturated rings. The highest BCUT2D eigenvalue weighted by molar-refractivity contribution is 5.76. The Balaban J connectivity index is 1.84. The summed E-state index contributed by atoms with van der Waals surface area (Å²) in [5.74, 6) is 1.00. The Bertz CT molecular complexity index is 378. The molecular formula is C17H32N2O. The van der Waals surface area contributed by atoms with Crippen LogP contribution in [-0.4, -0.2) is 24.0 Å². The summed E-state index contributed by atoms with van der Waals surface area (Å²) in [5.41, 5.74) is 0.678. The van der Waals surface area contributed by atoms with Gasteiger partial charge >= 0.3 is 0 Å². The quantitative estimate of drug-likeness (QED) is 0.831. The van der Waals surface area contributed by atoms with Gasteiger partial charge in [0.1, 0.15) is 0 Å². The molecule has 0 aliphatic heterocycles. The second-order valence-corrected chi connectivity index (χ2v) is 8.85. The lowest BCUT2D eigenvalue weighted by atomic mass is 9.68. The summed E-state index contributed by atoms with van der Waals surface area (Å²) in [7, 11) is 0. The van der Waals surface area contributed by atoms with Crippen LogP contribution < -0.4 is 10.6 Å². The van der Waals surface area contributed by atoms with Gasteiger partial charge in [0.25, 0.3) is 0 Å². The van der Waals surface area contributed by atoms with Crippen molar-refractivity contribution in [1.29, 1.82) is 0 Å². The molecule has 3 nitrogen and oxygen atoms in total. The third-order valence-electron chi connectivity index (χ3n) is 5.48. The first-order valence-electron chi connectivity index (χ1n) is 8.09. The molecular weight excluding hydrogens is 248 g/mol. The van der Waals surface area contributed by atoms with Crippen molar-refractivity contribution in [1.82, 2.24) is 10.6 Å². The van der Waals surface area contributed by atoms with Gasteiger partial charge in [-0.2, -0.15) is 0 Å². The van der Waals surface area contributed by atoms with Crippen molar-refractivity contribution in [3.63, 3.8) is 0 Å². The fraction of sp³-hybridized carbons (Fsp3) is 0.941. The summed E-state index contributed by atoms with van der Waals surface area (Å²) in [4.78, 5) is 11.9. The van der Waals surface area contributed by atoms with Crippen molar-refractivity contribution in [2.24, 2.45) is 16.7 Å². The van der Waals surface area contributed by atoms with Crippen LogP contribution in [0.1, 0.15) is 67.2 Å². The Morgan fingerprint density at radius 3 is 2.40 bits per heavy atom. The van der Waals surface area contributed by atoms with Crippen molar-refractivity contribution in [3.05, 3.63) is 0 Å². The van der Waals surface area contributed by atoms with E-state index in [0.29, 0.717) is 23.3 Å². The second kappa shape index (κ2) is 5.01. The van der Waals surface area contributed by atoms with Gasteiger partial charge in [-0.25, -0.2) is 0 Å². The van der Waals surface area contributed by atoms with E-state index < -0.39 is 0 Å². The molecule has 0 aromatic heterocycles. The van der Waals surface area contributed by atoms with Crippen molar-refractivity contribution >= 4 is 5.91 Å². The van der Waals surface area contributed by atoms with E-state index in [2.05, 4.69) is 31.4 Å². The van der Waals surface area contributed by atoms with Crippen LogP contribution in [0.3, 0.4) is 0 Å². The molecule has 0 heterocycles. The molecule has 3 atom stereocenters. The summed E-state index contributed by atoms with van der Waals surface area (Å²) >= 11 is 0. The van der Waals surface area contributed by atoms with E-state index in [-0.39, 0.29) is 11.4 Å². The van der Waals surface area contributed by atoms with Crippen LogP contribution in [0.2, 0.25) is 0 Å². The number of hydrogen-bond acceptors (Lipinski definition) is 2. The summed E-state index contributed by atoms with van der Waals surface area (Å²) in [6, 6.07) is 0.552. The smallest absolute Gasteiger partial charge is 0.221 e. The van der Waals surface area contributed by atoms with E-state index in [9.17, 15) is 4.79 Å². The number of hydrogen-bond donors (Lipinski definition) is 2. The number of carbonyl (C=O) groups is 1. The van der Waals surface area contributed by atoms with Gasteiger partial charge in [0.2, 0.25) is 5.91 Å². The predicted octanol–water partition coefficient (Wildman–Crippen LogP) is 3.10. The standard InChI is InChI=1S/C17H32N2O/c1-15(2,3)19-13(20)8-10-18-14-16(4,5)12-7-9-17(14,6)11-12/h12,14,18H,7-11H2,1-6H3,(H,19,20)/t12-,14?,17+/m0/s1. The molecule has 20 heavy (non-hydrogen) atoms. The van der Waals surface area contributed by atoms with Gasteiger partial charge in [-0.1, -0.05) is 20.8 Å². The normalized spacial score (nSPS) is 35.3. The molecule has 2 N–H and O–H groups in total. The molecule has 2 saturated carbocycles. The van der Waals surface area contributed by atoms with Gasteiger partial charge in [-0.15, -0.1) is 0 Å². The third-order valence-corrected chi connectivity index (χ3v) is 5.48. The Hall–Kier alpha value is -0.570. The minimum Gasteiger partial charge on any atom is -0.351 e. The highest BCUT2D eigenvalue weighted by atomic mass is 16.1. The van der Waals surface area contributed by atoms with Gasteiger partial charge in [0, 0.05) is 24.5 Å². The van der Waals surface area contributed by atoms with Crippen molar-refractivity contribution in [2.75, 3.05) is 6.54 Å². The minimum absolute atomic E-state index is 0.130. The number of amides is 1. The molecule has 0 aromatic rings. The SMILES string of the molecule is CC(C)(C)NC(=O)CCNC1C(C)(C)[C@H]2CC[C@]1(C)C2. The van der Waals surface area contributed by atoms with E-state index in [0.717, 1.165) is 12.5 Å². The molecule has 1 unspecified atom stereocenters. The molecule has 116 valence electrons. The van der Waals surface area contributed by atoms with E-state index in [1.165, 1.54) is 19.3 Å². The van der Waals surface area contributed by atoms with E-state index in [1.54, 1.807) is 0 Å².